The summed E-state index contributed by atoms with van der Waals surface area (Å²) >= 11 is 1.55. The maximum atomic E-state index is 11.1. The maximum Gasteiger partial charge on any atom is 0.340 e. The standard InChI is InChI=1S/C9H11N3OS/c1-4-6(3)14-8-7(4)5(2)11-12(8)9(10)13/h1-3H3,(H2,10,13). The largest absolute Gasteiger partial charge is 0.350 e. The number of carbonyl (C=O) groups is 1. The first-order valence-electron chi connectivity index (χ1n) is 4.27. The molecule has 0 fully saturated rings. The van der Waals surface area contributed by atoms with Crippen LogP contribution in [0.1, 0.15) is 16.1 Å². The van der Waals surface area contributed by atoms with Crippen LogP contribution in [0.15, 0.2) is 0 Å². The van der Waals surface area contributed by atoms with Crippen LogP contribution < -0.4 is 5.73 Å². The second kappa shape index (κ2) is 2.81. The molecule has 0 saturated carbocycles. The molecule has 2 aromatic heterocycles. The van der Waals surface area contributed by atoms with Crippen molar-refractivity contribution in [1.82, 2.24) is 9.78 Å². The summed E-state index contributed by atoms with van der Waals surface area (Å²) in [6, 6.07) is -0.524. The summed E-state index contributed by atoms with van der Waals surface area (Å²) in [5.74, 6) is 0. The molecular weight excluding hydrogens is 198 g/mol. The van der Waals surface area contributed by atoms with E-state index in [4.69, 9.17) is 5.73 Å². The first-order valence-corrected chi connectivity index (χ1v) is 5.09. The zero-order valence-corrected chi connectivity index (χ0v) is 9.10. The second-order valence-electron chi connectivity index (χ2n) is 3.30. The van der Waals surface area contributed by atoms with Crippen LogP contribution in [-0.4, -0.2) is 15.8 Å². The van der Waals surface area contributed by atoms with E-state index in [2.05, 4.69) is 5.10 Å². The third kappa shape index (κ3) is 1.05. The van der Waals surface area contributed by atoms with Gasteiger partial charge in [-0.25, -0.2) is 4.79 Å². The quantitative estimate of drug-likeness (QED) is 0.720. The van der Waals surface area contributed by atoms with Crippen LogP contribution in [0.25, 0.3) is 10.2 Å². The predicted molar refractivity (Wildman–Crippen MR) is 56.8 cm³/mol. The number of aromatic nitrogens is 2. The zero-order valence-electron chi connectivity index (χ0n) is 8.29. The number of aryl methyl sites for hydroxylation is 3. The summed E-state index contributed by atoms with van der Waals surface area (Å²) in [7, 11) is 0. The van der Waals surface area contributed by atoms with Crippen LogP contribution in [0, 0.1) is 20.8 Å². The summed E-state index contributed by atoms with van der Waals surface area (Å²) in [6.45, 7) is 5.96. The fourth-order valence-electron chi connectivity index (χ4n) is 1.58. The third-order valence-corrected chi connectivity index (χ3v) is 3.56. The molecule has 2 aromatic rings. The Kier molecular flexibility index (Phi) is 1.85. The first-order chi connectivity index (χ1) is 6.52. The average molecular weight is 209 g/mol. The van der Waals surface area contributed by atoms with Gasteiger partial charge in [-0.05, 0) is 26.3 Å². The van der Waals surface area contributed by atoms with E-state index < -0.39 is 6.03 Å². The first kappa shape index (κ1) is 9.21. The number of nitrogens with two attached hydrogens (primary N) is 1. The van der Waals surface area contributed by atoms with Crippen LogP contribution in [0.4, 0.5) is 4.79 Å². The minimum atomic E-state index is -0.524. The lowest BCUT2D eigenvalue weighted by Gasteiger charge is -1.92. The van der Waals surface area contributed by atoms with Crippen LogP contribution >= 0.6 is 11.3 Å². The number of fused-ring (bicyclic) bond motifs is 1. The minimum Gasteiger partial charge on any atom is -0.350 e. The minimum absolute atomic E-state index is 0.524. The summed E-state index contributed by atoms with van der Waals surface area (Å²) in [5.41, 5.74) is 7.27. The van der Waals surface area contributed by atoms with Crippen molar-refractivity contribution in [1.29, 1.82) is 0 Å². The highest BCUT2D eigenvalue weighted by atomic mass is 32.1. The molecule has 4 nitrogen and oxygen atoms in total. The lowest BCUT2D eigenvalue weighted by Crippen LogP contribution is -2.20. The van der Waals surface area contributed by atoms with Gasteiger partial charge < -0.3 is 5.73 Å². The molecule has 74 valence electrons. The molecule has 2 N–H and O–H groups in total. The molecule has 0 radical (unpaired) electrons. The number of hydrogen-bond acceptors (Lipinski definition) is 3. The van der Waals surface area contributed by atoms with E-state index in [0.29, 0.717) is 0 Å². The Balaban J connectivity index is 2.90. The van der Waals surface area contributed by atoms with Crippen molar-refractivity contribution in [3.63, 3.8) is 0 Å². The highest BCUT2D eigenvalue weighted by molar-refractivity contribution is 7.19. The number of carbonyl (C=O) groups excluding carboxylic acids is 1. The Hall–Kier alpha value is -1.36. The highest BCUT2D eigenvalue weighted by Gasteiger charge is 2.16. The van der Waals surface area contributed by atoms with E-state index in [1.54, 1.807) is 11.3 Å². The third-order valence-electron chi connectivity index (χ3n) is 2.38. The molecule has 14 heavy (non-hydrogen) atoms. The van der Waals surface area contributed by atoms with Crippen molar-refractivity contribution < 1.29 is 4.79 Å². The summed E-state index contributed by atoms with van der Waals surface area (Å²) in [6.07, 6.45) is 0. The number of rotatable bonds is 0. The molecule has 0 bridgehead atoms. The van der Waals surface area contributed by atoms with Gasteiger partial charge in [0.2, 0.25) is 0 Å². The average Bonchev–Trinajstić information content (AvgIpc) is 2.55. The lowest BCUT2D eigenvalue weighted by atomic mass is 10.2. The topological polar surface area (TPSA) is 60.9 Å². The van der Waals surface area contributed by atoms with Crippen molar-refractivity contribution in [2.75, 3.05) is 0 Å². The fourth-order valence-corrected chi connectivity index (χ4v) is 2.74. The molecule has 0 atom stereocenters. The Morgan fingerprint density at radius 1 is 1.43 bits per heavy atom. The number of primary amides is 1. The van der Waals surface area contributed by atoms with Gasteiger partial charge in [0.1, 0.15) is 4.83 Å². The maximum absolute atomic E-state index is 11.1. The van der Waals surface area contributed by atoms with Gasteiger partial charge in [-0.3, -0.25) is 0 Å². The molecular formula is C9H11N3OS. The Labute approximate surface area is 85.3 Å². The Bertz CT molecular complexity index is 524. The summed E-state index contributed by atoms with van der Waals surface area (Å²) in [4.78, 5) is 13.1. The zero-order chi connectivity index (χ0) is 10.5. The molecule has 0 spiro atoms. The Morgan fingerprint density at radius 2 is 2.07 bits per heavy atom. The molecule has 0 aliphatic heterocycles. The van der Waals surface area contributed by atoms with Crippen LogP contribution in [0.3, 0.4) is 0 Å². The second-order valence-corrected chi connectivity index (χ2v) is 4.50. The van der Waals surface area contributed by atoms with E-state index in [9.17, 15) is 4.79 Å². The van der Waals surface area contributed by atoms with Crippen LogP contribution in [0.2, 0.25) is 0 Å². The Morgan fingerprint density at radius 3 is 2.64 bits per heavy atom. The number of thiophene rings is 1. The summed E-state index contributed by atoms with van der Waals surface area (Å²) < 4.78 is 1.27. The number of hydrogen-bond donors (Lipinski definition) is 1. The van der Waals surface area contributed by atoms with Gasteiger partial charge in [-0.2, -0.15) is 9.78 Å². The van der Waals surface area contributed by atoms with Crippen molar-refractivity contribution >= 4 is 27.6 Å². The molecule has 1 amide bonds. The molecule has 0 saturated heterocycles. The number of amides is 1. The molecule has 5 heteroatoms. The molecule has 2 rings (SSSR count). The van der Waals surface area contributed by atoms with Crippen molar-refractivity contribution in [2.45, 2.75) is 20.8 Å². The van der Waals surface area contributed by atoms with Gasteiger partial charge >= 0.3 is 6.03 Å². The SMILES string of the molecule is Cc1sc2c(c(C)nn2C(N)=O)c1C. The lowest BCUT2D eigenvalue weighted by molar-refractivity contribution is 0.248. The van der Waals surface area contributed by atoms with Crippen molar-refractivity contribution in [3.8, 4) is 0 Å². The van der Waals surface area contributed by atoms with Crippen molar-refractivity contribution in [2.24, 2.45) is 5.73 Å². The molecule has 0 aromatic carbocycles. The molecule has 0 unspecified atom stereocenters. The van der Waals surface area contributed by atoms with Crippen LogP contribution in [0.5, 0.6) is 0 Å². The van der Waals surface area contributed by atoms with E-state index in [-0.39, 0.29) is 0 Å². The van der Waals surface area contributed by atoms with E-state index >= 15 is 0 Å². The monoisotopic (exact) mass is 209 g/mol. The molecule has 0 aliphatic rings. The van der Waals surface area contributed by atoms with Gasteiger partial charge in [0.25, 0.3) is 0 Å². The normalized spacial score (nSPS) is 11.1. The smallest absolute Gasteiger partial charge is 0.340 e. The van der Waals surface area contributed by atoms with E-state index in [1.165, 1.54) is 15.1 Å². The van der Waals surface area contributed by atoms with Gasteiger partial charge in [-0.1, -0.05) is 0 Å². The van der Waals surface area contributed by atoms with Gasteiger partial charge in [-0.15, -0.1) is 11.3 Å². The van der Waals surface area contributed by atoms with Gasteiger partial charge in [0.05, 0.1) is 5.69 Å². The van der Waals surface area contributed by atoms with Crippen molar-refractivity contribution in [3.05, 3.63) is 16.1 Å². The van der Waals surface area contributed by atoms with Crippen LogP contribution in [-0.2, 0) is 0 Å². The number of nitrogens with zero attached hydrogens (tertiary/aromatic N) is 2. The predicted octanol–water partition coefficient (Wildman–Crippen LogP) is 1.95. The van der Waals surface area contributed by atoms with Gasteiger partial charge in [0.15, 0.2) is 0 Å². The molecule has 2 heterocycles. The van der Waals surface area contributed by atoms with E-state index in [0.717, 1.165) is 15.9 Å². The summed E-state index contributed by atoms with van der Waals surface area (Å²) in [5, 5.41) is 5.17. The van der Waals surface area contributed by atoms with Gasteiger partial charge in [0, 0.05) is 10.3 Å². The highest BCUT2D eigenvalue weighted by Crippen LogP contribution is 2.31. The van der Waals surface area contributed by atoms with E-state index in [1.807, 2.05) is 20.8 Å². The molecule has 0 aliphatic carbocycles. The fraction of sp³-hybridized carbons (Fsp3) is 0.333.